The van der Waals surface area contributed by atoms with Crippen molar-refractivity contribution in [3.8, 4) is 22.7 Å². The Kier molecular flexibility index (Phi) is 6.51. The number of aryl methyl sites for hydroxylation is 1. The van der Waals surface area contributed by atoms with E-state index in [1.54, 1.807) is 19.2 Å². The second kappa shape index (κ2) is 9.90. The molecule has 1 aliphatic heterocycles. The van der Waals surface area contributed by atoms with Crippen LogP contribution in [0.4, 0.5) is 10.1 Å². The molecule has 1 aromatic heterocycles. The van der Waals surface area contributed by atoms with Gasteiger partial charge >= 0.3 is 0 Å². The first-order chi connectivity index (χ1) is 17.4. The van der Waals surface area contributed by atoms with E-state index in [1.807, 2.05) is 55.1 Å². The van der Waals surface area contributed by atoms with Gasteiger partial charge in [0.1, 0.15) is 11.6 Å². The normalized spacial score (nSPS) is 13.7. The lowest BCUT2D eigenvalue weighted by Gasteiger charge is -2.36. The van der Waals surface area contributed by atoms with Gasteiger partial charge in [-0.1, -0.05) is 12.1 Å². The molecule has 1 amide bonds. The Bertz CT molecular complexity index is 1370. The molecule has 2 heterocycles. The zero-order chi connectivity index (χ0) is 25.2. The third kappa shape index (κ3) is 4.59. The van der Waals surface area contributed by atoms with E-state index < -0.39 is 0 Å². The number of carbonyl (C=O) groups is 1. The van der Waals surface area contributed by atoms with Crippen LogP contribution in [0.25, 0.3) is 16.9 Å². The quantitative estimate of drug-likeness (QED) is 0.356. The van der Waals surface area contributed by atoms with Crippen LogP contribution in [0.15, 0.2) is 78.9 Å². The standard InChI is InChI=1S/C30H30FN3O2/c1-21-5-4-6-26(19-21)34-22(2)28(20-29(34)23-7-9-24(31)10-8-23)30(35)33-17-15-32(16-18-33)25-11-13-27(36-3)14-12-25/h4-14,19-20H,15-18H2,1-3H3. The van der Waals surface area contributed by atoms with Gasteiger partial charge in [0.05, 0.1) is 18.4 Å². The van der Waals surface area contributed by atoms with E-state index in [2.05, 4.69) is 27.7 Å². The Morgan fingerprint density at radius 2 is 1.53 bits per heavy atom. The van der Waals surface area contributed by atoms with Gasteiger partial charge in [-0.3, -0.25) is 4.79 Å². The molecule has 1 fully saturated rings. The molecule has 36 heavy (non-hydrogen) atoms. The summed E-state index contributed by atoms with van der Waals surface area (Å²) >= 11 is 0. The Labute approximate surface area is 211 Å². The maximum Gasteiger partial charge on any atom is 0.255 e. The van der Waals surface area contributed by atoms with Crippen molar-refractivity contribution in [3.63, 3.8) is 0 Å². The van der Waals surface area contributed by atoms with Crippen molar-refractivity contribution in [2.45, 2.75) is 13.8 Å². The van der Waals surface area contributed by atoms with Gasteiger partial charge < -0.3 is 19.1 Å². The summed E-state index contributed by atoms with van der Waals surface area (Å²) in [6.45, 7) is 6.85. The number of amides is 1. The van der Waals surface area contributed by atoms with E-state index in [0.29, 0.717) is 18.7 Å². The van der Waals surface area contributed by atoms with Gasteiger partial charge in [0.25, 0.3) is 5.91 Å². The topological polar surface area (TPSA) is 37.7 Å². The number of piperazine rings is 1. The monoisotopic (exact) mass is 483 g/mol. The van der Waals surface area contributed by atoms with Crippen LogP contribution >= 0.6 is 0 Å². The SMILES string of the molecule is COc1ccc(N2CCN(C(=O)c3cc(-c4ccc(F)cc4)n(-c4cccc(C)c4)c3C)CC2)cc1. The highest BCUT2D eigenvalue weighted by Gasteiger charge is 2.27. The fraction of sp³-hybridized carbons (Fsp3) is 0.233. The highest BCUT2D eigenvalue weighted by Crippen LogP contribution is 2.31. The van der Waals surface area contributed by atoms with Crippen molar-refractivity contribution >= 4 is 11.6 Å². The van der Waals surface area contributed by atoms with Crippen LogP contribution < -0.4 is 9.64 Å². The summed E-state index contributed by atoms with van der Waals surface area (Å²) in [5.74, 6) is 0.574. The number of rotatable bonds is 5. The molecule has 4 aromatic rings. The van der Waals surface area contributed by atoms with Crippen LogP contribution in [-0.2, 0) is 0 Å². The summed E-state index contributed by atoms with van der Waals surface area (Å²) < 4.78 is 21.0. The smallest absolute Gasteiger partial charge is 0.255 e. The Hall–Kier alpha value is -4.06. The first-order valence-corrected chi connectivity index (χ1v) is 12.2. The molecule has 5 rings (SSSR count). The molecular formula is C30H30FN3O2. The van der Waals surface area contributed by atoms with E-state index in [1.165, 1.54) is 12.1 Å². The Morgan fingerprint density at radius 3 is 2.17 bits per heavy atom. The summed E-state index contributed by atoms with van der Waals surface area (Å²) in [5, 5.41) is 0. The summed E-state index contributed by atoms with van der Waals surface area (Å²) in [4.78, 5) is 17.9. The second-order valence-electron chi connectivity index (χ2n) is 9.19. The minimum Gasteiger partial charge on any atom is -0.497 e. The number of hydrogen-bond donors (Lipinski definition) is 0. The van der Waals surface area contributed by atoms with Crippen molar-refractivity contribution in [2.75, 3.05) is 38.2 Å². The van der Waals surface area contributed by atoms with Gasteiger partial charge in [0.15, 0.2) is 0 Å². The number of aromatic nitrogens is 1. The number of hydrogen-bond acceptors (Lipinski definition) is 3. The maximum absolute atomic E-state index is 13.7. The lowest BCUT2D eigenvalue weighted by atomic mass is 10.1. The molecule has 184 valence electrons. The Balaban J connectivity index is 1.43. The van der Waals surface area contributed by atoms with E-state index in [-0.39, 0.29) is 11.7 Å². The van der Waals surface area contributed by atoms with E-state index in [9.17, 15) is 9.18 Å². The summed E-state index contributed by atoms with van der Waals surface area (Å²) in [7, 11) is 1.66. The highest BCUT2D eigenvalue weighted by atomic mass is 19.1. The van der Waals surface area contributed by atoms with Crippen molar-refractivity contribution in [1.29, 1.82) is 0 Å². The predicted molar refractivity (Wildman–Crippen MR) is 142 cm³/mol. The fourth-order valence-electron chi connectivity index (χ4n) is 4.89. The highest BCUT2D eigenvalue weighted by molar-refractivity contribution is 5.97. The van der Waals surface area contributed by atoms with Gasteiger partial charge in [-0.2, -0.15) is 0 Å². The van der Waals surface area contributed by atoms with Crippen LogP contribution in [0.5, 0.6) is 5.75 Å². The lowest BCUT2D eigenvalue weighted by molar-refractivity contribution is 0.0746. The average molecular weight is 484 g/mol. The summed E-state index contributed by atoms with van der Waals surface area (Å²) in [6.07, 6.45) is 0. The zero-order valence-corrected chi connectivity index (χ0v) is 20.9. The number of methoxy groups -OCH3 is 1. The van der Waals surface area contributed by atoms with Gasteiger partial charge in [-0.25, -0.2) is 4.39 Å². The van der Waals surface area contributed by atoms with Crippen LogP contribution in [0.1, 0.15) is 21.6 Å². The van der Waals surface area contributed by atoms with Crippen LogP contribution in [0.3, 0.4) is 0 Å². The zero-order valence-electron chi connectivity index (χ0n) is 20.9. The average Bonchev–Trinajstić information content (AvgIpc) is 3.25. The molecule has 0 radical (unpaired) electrons. The number of anilines is 1. The molecule has 0 N–H and O–H groups in total. The molecule has 1 aliphatic rings. The van der Waals surface area contributed by atoms with Gasteiger partial charge in [0, 0.05) is 43.2 Å². The lowest BCUT2D eigenvalue weighted by Crippen LogP contribution is -2.48. The van der Waals surface area contributed by atoms with Crippen LogP contribution in [0, 0.1) is 19.7 Å². The van der Waals surface area contributed by atoms with E-state index >= 15 is 0 Å². The Morgan fingerprint density at radius 1 is 0.833 bits per heavy atom. The molecule has 3 aromatic carbocycles. The maximum atomic E-state index is 13.7. The summed E-state index contributed by atoms with van der Waals surface area (Å²) in [6, 6.07) is 24.6. The van der Waals surface area contributed by atoms with E-state index in [4.69, 9.17) is 4.74 Å². The molecule has 0 saturated carbocycles. The number of nitrogens with zero attached hydrogens (tertiary/aromatic N) is 3. The minimum absolute atomic E-state index is 0.0247. The predicted octanol–water partition coefficient (Wildman–Crippen LogP) is 5.87. The van der Waals surface area contributed by atoms with E-state index in [0.717, 1.165) is 52.7 Å². The third-order valence-electron chi connectivity index (χ3n) is 6.88. The van der Waals surface area contributed by atoms with Crippen LogP contribution in [0.2, 0.25) is 0 Å². The second-order valence-corrected chi connectivity index (χ2v) is 9.19. The number of benzene rings is 3. The first kappa shape index (κ1) is 23.7. The molecule has 5 nitrogen and oxygen atoms in total. The van der Waals surface area contributed by atoms with Crippen molar-refractivity contribution in [3.05, 3.63) is 102 Å². The van der Waals surface area contributed by atoms with Crippen molar-refractivity contribution in [2.24, 2.45) is 0 Å². The molecule has 0 spiro atoms. The molecule has 0 bridgehead atoms. The summed E-state index contributed by atoms with van der Waals surface area (Å²) in [5.41, 5.74) is 6.53. The minimum atomic E-state index is -0.282. The van der Waals surface area contributed by atoms with Crippen molar-refractivity contribution in [1.82, 2.24) is 9.47 Å². The first-order valence-electron chi connectivity index (χ1n) is 12.2. The largest absolute Gasteiger partial charge is 0.497 e. The number of carbonyl (C=O) groups excluding carboxylic acids is 1. The molecule has 0 unspecified atom stereocenters. The number of halogens is 1. The molecular weight excluding hydrogens is 453 g/mol. The van der Waals surface area contributed by atoms with Gasteiger partial charge in [-0.05, 0) is 91.7 Å². The third-order valence-corrected chi connectivity index (χ3v) is 6.88. The molecule has 6 heteroatoms. The fourth-order valence-corrected chi connectivity index (χ4v) is 4.89. The number of ether oxygens (including phenoxy) is 1. The van der Waals surface area contributed by atoms with Crippen molar-refractivity contribution < 1.29 is 13.9 Å². The van der Waals surface area contributed by atoms with Crippen LogP contribution in [-0.4, -0.2) is 48.7 Å². The molecule has 1 saturated heterocycles. The molecule has 0 aliphatic carbocycles. The van der Waals surface area contributed by atoms with Gasteiger partial charge in [-0.15, -0.1) is 0 Å². The molecule has 0 atom stereocenters. The van der Waals surface area contributed by atoms with Gasteiger partial charge in [0.2, 0.25) is 0 Å².